The largest absolute Gasteiger partial charge is 0.490 e. The van der Waals surface area contributed by atoms with Gasteiger partial charge in [-0.1, -0.05) is 37.6 Å². The molecule has 130 valence electrons. The molecular formula is C22H25NO2. The van der Waals surface area contributed by atoms with Crippen molar-refractivity contribution in [3.8, 4) is 22.9 Å². The lowest BCUT2D eigenvalue weighted by Gasteiger charge is -2.28. The monoisotopic (exact) mass is 335 g/mol. The summed E-state index contributed by atoms with van der Waals surface area (Å²) in [7, 11) is 0. The van der Waals surface area contributed by atoms with Gasteiger partial charge in [-0.15, -0.1) is 0 Å². The smallest absolute Gasteiger partial charge is 0.119 e. The van der Waals surface area contributed by atoms with Gasteiger partial charge in [-0.25, -0.2) is 0 Å². The summed E-state index contributed by atoms with van der Waals surface area (Å²) in [4.78, 5) is 8.00. The minimum absolute atomic E-state index is 0.374. The molecule has 0 saturated heterocycles. The Hall–Kier alpha value is -2.60. The molecule has 25 heavy (non-hydrogen) atoms. The van der Waals surface area contributed by atoms with Crippen molar-refractivity contribution in [2.24, 2.45) is 5.92 Å². The van der Waals surface area contributed by atoms with E-state index >= 15 is 0 Å². The molecule has 2 aromatic carbocycles. The first-order valence-corrected chi connectivity index (χ1v) is 8.84. The van der Waals surface area contributed by atoms with E-state index in [4.69, 9.17) is 14.8 Å². The molecule has 1 aliphatic carbocycles. The fraction of sp³-hybridized carbons (Fsp3) is 0.364. The number of benzene rings is 2. The van der Waals surface area contributed by atoms with Crippen LogP contribution in [0, 0.1) is 17.2 Å². The van der Waals surface area contributed by atoms with Gasteiger partial charge in [0.25, 0.3) is 0 Å². The average Bonchev–Trinajstić information content (AvgIpc) is 2.71. The highest BCUT2D eigenvalue weighted by Gasteiger charge is 2.21. The predicted octanol–water partition coefficient (Wildman–Crippen LogP) is 5.39. The Bertz CT molecular complexity index is 677. The molecule has 3 heteroatoms. The summed E-state index contributed by atoms with van der Waals surface area (Å²) >= 11 is 0. The number of ether oxygens (including phenoxy) is 1. The molecule has 0 amide bonds. The Morgan fingerprint density at radius 3 is 1.96 bits per heavy atom. The van der Waals surface area contributed by atoms with Gasteiger partial charge in [0.2, 0.25) is 0 Å². The highest BCUT2D eigenvalue weighted by molar-refractivity contribution is 5.64. The maximum absolute atomic E-state index is 8.86. The molecule has 0 unspecified atom stereocenters. The second-order valence-electron chi connectivity index (χ2n) is 6.38. The van der Waals surface area contributed by atoms with Gasteiger partial charge in [0, 0.05) is 0 Å². The molecule has 0 N–H and O–H groups in total. The molecule has 1 saturated carbocycles. The SMILES string of the molecule is C=O.CCC1CCC(Oc2ccc(-c3ccc(C#N)cc3)cc2)CC1. The fourth-order valence-corrected chi connectivity index (χ4v) is 3.31. The lowest BCUT2D eigenvalue weighted by molar-refractivity contribution is -0.0979. The van der Waals surface area contributed by atoms with E-state index in [2.05, 4.69) is 37.3 Å². The molecule has 3 rings (SSSR count). The van der Waals surface area contributed by atoms with Crippen molar-refractivity contribution in [3.63, 3.8) is 0 Å². The van der Waals surface area contributed by atoms with Crippen LogP contribution in [0.25, 0.3) is 11.1 Å². The number of carbonyl (C=O) groups is 1. The number of carbonyl (C=O) groups excluding carboxylic acids is 1. The predicted molar refractivity (Wildman–Crippen MR) is 100 cm³/mol. The van der Waals surface area contributed by atoms with Crippen LogP contribution in [0.5, 0.6) is 5.75 Å². The highest BCUT2D eigenvalue weighted by atomic mass is 16.5. The van der Waals surface area contributed by atoms with Crippen molar-refractivity contribution in [1.82, 2.24) is 0 Å². The maximum atomic E-state index is 8.86. The Labute approximate surface area is 150 Å². The van der Waals surface area contributed by atoms with E-state index in [1.807, 2.05) is 31.1 Å². The summed E-state index contributed by atoms with van der Waals surface area (Å²) in [5.41, 5.74) is 2.96. The lowest BCUT2D eigenvalue weighted by Crippen LogP contribution is -2.23. The minimum Gasteiger partial charge on any atom is -0.490 e. The van der Waals surface area contributed by atoms with Crippen LogP contribution in [-0.4, -0.2) is 12.9 Å². The van der Waals surface area contributed by atoms with Gasteiger partial charge in [0.15, 0.2) is 0 Å². The van der Waals surface area contributed by atoms with Crippen molar-refractivity contribution in [1.29, 1.82) is 5.26 Å². The van der Waals surface area contributed by atoms with E-state index < -0.39 is 0 Å². The Balaban J connectivity index is 0.00000109. The second-order valence-corrected chi connectivity index (χ2v) is 6.38. The number of nitriles is 1. The van der Waals surface area contributed by atoms with Crippen LogP contribution in [0.15, 0.2) is 48.5 Å². The highest BCUT2D eigenvalue weighted by Crippen LogP contribution is 2.30. The Morgan fingerprint density at radius 2 is 1.48 bits per heavy atom. The summed E-state index contributed by atoms with van der Waals surface area (Å²) in [5, 5.41) is 8.86. The van der Waals surface area contributed by atoms with Gasteiger partial charge in [0.05, 0.1) is 17.7 Å². The van der Waals surface area contributed by atoms with E-state index in [9.17, 15) is 0 Å². The van der Waals surface area contributed by atoms with Crippen molar-refractivity contribution < 1.29 is 9.53 Å². The van der Waals surface area contributed by atoms with Crippen molar-refractivity contribution >= 4 is 6.79 Å². The van der Waals surface area contributed by atoms with E-state index in [1.165, 1.54) is 32.1 Å². The summed E-state index contributed by atoms with van der Waals surface area (Å²) in [6.07, 6.45) is 6.62. The van der Waals surface area contributed by atoms with Gasteiger partial charge in [-0.05, 0) is 67.0 Å². The molecule has 1 fully saturated rings. The molecule has 2 aromatic rings. The molecule has 0 bridgehead atoms. The van der Waals surface area contributed by atoms with Crippen LogP contribution in [0.4, 0.5) is 0 Å². The zero-order chi connectivity index (χ0) is 18.1. The lowest BCUT2D eigenvalue weighted by atomic mass is 9.86. The third kappa shape index (κ3) is 5.19. The van der Waals surface area contributed by atoms with Crippen molar-refractivity contribution in [3.05, 3.63) is 54.1 Å². The number of nitrogens with zero attached hydrogens (tertiary/aromatic N) is 1. The standard InChI is InChI=1S/C21H23NO.CH2O/c1-2-16-5-11-20(12-6-16)23-21-13-9-19(10-14-21)18-7-3-17(15-22)4-8-18;1-2/h3-4,7-10,13-14,16,20H,2,5-6,11-12H2,1H3;1H2. The van der Waals surface area contributed by atoms with E-state index in [-0.39, 0.29) is 0 Å². The fourth-order valence-electron chi connectivity index (χ4n) is 3.31. The van der Waals surface area contributed by atoms with Crippen molar-refractivity contribution in [2.45, 2.75) is 45.1 Å². The van der Waals surface area contributed by atoms with Crippen LogP contribution in [0.3, 0.4) is 0 Å². The van der Waals surface area contributed by atoms with Gasteiger partial charge < -0.3 is 9.53 Å². The molecule has 0 spiro atoms. The first-order chi connectivity index (χ1) is 12.3. The molecule has 1 aliphatic rings. The summed E-state index contributed by atoms with van der Waals surface area (Å²) in [6.45, 7) is 4.29. The molecule has 0 atom stereocenters. The van der Waals surface area contributed by atoms with E-state index in [1.54, 1.807) is 0 Å². The van der Waals surface area contributed by atoms with E-state index in [0.29, 0.717) is 11.7 Å². The molecule has 0 aromatic heterocycles. The summed E-state index contributed by atoms with van der Waals surface area (Å²) in [6, 6.07) is 18.1. The van der Waals surface area contributed by atoms with Crippen LogP contribution in [-0.2, 0) is 4.79 Å². The topological polar surface area (TPSA) is 50.1 Å². The second kappa shape index (κ2) is 9.64. The third-order valence-corrected chi connectivity index (χ3v) is 4.88. The van der Waals surface area contributed by atoms with Crippen LogP contribution in [0.1, 0.15) is 44.6 Å². The quantitative estimate of drug-likeness (QED) is 0.753. The summed E-state index contributed by atoms with van der Waals surface area (Å²) < 4.78 is 6.13. The first-order valence-electron chi connectivity index (χ1n) is 8.84. The van der Waals surface area contributed by atoms with Crippen LogP contribution >= 0.6 is 0 Å². The third-order valence-electron chi connectivity index (χ3n) is 4.88. The molecule has 0 heterocycles. The average molecular weight is 335 g/mol. The van der Waals surface area contributed by atoms with Gasteiger partial charge in [-0.2, -0.15) is 5.26 Å². The van der Waals surface area contributed by atoms with Gasteiger partial charge >= 0.3 is 0 Å². The molecular weight excluding hydrogens is 310 g/mol. The normalized spacial score (nSPS) is 19.2. The van der Waals surface area contributed by atoms with Crippen molar-refractivity contribution in [2.75, 3.05) is 0 Å². The minimum atomic E-state index is 0.374. The molecule has 3 nitrogen and oxygen atoms in total. The number of hydrogen-bond donors (Lipinski definition) is 0. The molecule has 0 aliphatic heterocycles. The van der Waals surface area contributed by atoms with Crippen LogP contribution in [0.2, 0.25) is 0 Å². The zero-order valence-corrected chi connectivity index (χ0v) is 14.8. The van der Waals surface area contributed by atoms with Crippen LogP contribution < -0.4 is 4.74 Å². The molecule has 0 radical (unpaired) electrons. The van der Waals surface area contributed by atoms with Gasteiger partial charge in [-0.3, -0.25) is 0 Å². The number of rotatable bonds is 4. The first kappa shape index (κ1) is 18.7. The van der Waals surface area contributed by atoms with Gasteiger partial charge in [0.1, 0.15) is 12.5 Å². The number of hydrogen-bond acceptors (Lipinski definition) is 3. The van der Waals surface area contributed by atoms with E-state index in [0.717, 1.165) is 22.8 Å². The zero-order valence-electron chi connectivity index (χ0n) is 14.8. The Kier molecular flexibility index (Phi) is 7.22. The summed E-state index contributed by atoms with van der Waals surface area (Å²) in [5.74, 6) is 1.86. The Morgan fingerprint density at radius 1 is 0.960 bits per heavy atom. The maximum Gasteiger partial charge on any atom is 0.119 e.